The molecule has 5 heteroatoms. The molecule has 0 saturated heterocycles. The van der Waals surface area contributed by atoms with Gasteiger partial charge in [-0.05, 0) is 42.5 Å². The van der Waals surface area contributed by atoms with Crippen LogP contribution in [-0.2, 0) is 6.42 Å². The summed E-state index contributed by atoms with van der Waals surface area (Å²) in [5, 5.41) is 11.7. The van der Waals surface area contributed by atoms with E-state index in [9.17, 15) is 9.59 Å². The minimum Gasteiger partial charge on any atom is -0.475 e. The number of hydrogen-bond acceptors (Lipinski definition) is 3. The molecule has 2 N–H and O–H groups in total. The van der Waals surface area contributed by atoms with Gasteiger partial charge >= 0.3 is 5.97 Å². The summed E-state index contributed by atoms with van der Waals surface area (Å²) in [5.74, 6) is -1.78. The smallest absolute Gasteiger partial charge is 0.371 e. The summed E-state index contributed by atoms with van der Waals surface area (Å²) in [6, 6.07) is 10.7. The van der Waals surface area contributed by atoms with Crippen molar-refractivity contribution in [3.8, 4) is 0 Å². The third kappa shape index (κ3) is 2.67. The van der Waals surface area contributed by atoms with E-state index >= 15 is 0 Å². The summed E-state index contributed by atoms with van der Waals surface area (Å²) in [6.07, 6.45) is 2.90. The lowest BCUT2D eigenvalue weighted by atomic mass is 9.88. The summed E-state index contributed by atoms with van der Waals surface area (Å²) in [4.78, 5) is 22.9. The average Bonchev–Trinajstić information content (AvgIpc) is 2.98. The Kier molecular flexibility index (Phi) is 3.48. The molecule has 1 atom stereocenters. The van der Waals surface area contributed by atoms with E-state index in [1.165, 1.54) is 17.7 Å². The minimum absolute atomic E-state index is 0.0236. The number of carboxylic acid groups (broad SMARTS) is 1. The summed E-state index contributed by atoms with van der Waals surface area (Å²) < 4.78 is 5.02. The number of aryl methyl sites for hydroxylation is 1. The Morgan fingerprint density at radius 2 is 1.90 bits per heavy atom. The van der Waals surface area contributed by atoms with E-state index in [0.717, 1.165) is 24.8 Å². The van der Waals surface area contributed by atoms with Gasteiger partial charge in [0.25, 0.3) is 5.91 Å². The van der Waals surface area contributed by atoms with Crippen molar-refractivity contribution in [1.29, 1.82) is 0 Å². The molecule has 0 spiro atoms. The third-order valence-corrected chi connectivity index (χ3v) is 3.72. The number of carbonyl (C=O) groups excluding carboxylic acids is 1. The number of nitrogens with one attached hydrogen (secondary N) is 1. The fraction of sp³-hybridized carbons (Fsp3) is 0.250. The molecule has 0 bridgehead atoms. The summed E-state index contributed by atoms with van der Waals surface area (Å²) >= 11 is 0. The van der Waals surface area contributed by atoms with Crippen LogP contribution in [0.5, 0.6) is 0 Å². The van der Waals surface area contributed by atoms with E-state index in [0.29, 0.717) is 0 Å². The summed E-state index contributed by atoms with van der Waals surface area (Å²) in [5.41, 5.74) is 2.38. The van der Waals surface area contributed by atoms with Crippen molar-refractivity contribution in [3.63, 3.8) is 0 Å². The third-order valence-electron chi connectivity index (χ3n) is 3.72. The second kappa shape index (κ2) is 5.44. The monoisotopic (exact) mass is 285 g/mol. The molecule has 0 fully saturated rings. The molecule has 1 aromatic heterocycles. The fourth-order valence-corrected chi connectivity index (χ4v) is 2.71. The fourth-order valence-electron chi connectivity index (χ4n) is 2.71. The number of carboxylic acids is 1. The van der Waals surface area contributed by atoms with E-state index in [-0.39, 0.29) is 23.5 Å². The number of aromatic carboxylic acids is 1. The maximum absolute atomic E-state index is 12.2. The maximum Gasteiger partial charge on any atom is 0.371 e. The van der Waals surface area contributed by atoms with Crippen LogP contribution >= 0.6 is 0 Å². The number of amides is 1. The molecule has 0 radical (unpaired) electrons. The first-order valence-corrected chi connectivity index (χ1v) is 6.87. The van der Waals surface area contributed by atoms with Gasteiger partial charge in [-0.25, -0.2) is 4.79 Å². The van der Waals surface area contributed by atoms with E-state index < -0.39 is 5.97 Å². The normalized spacial score (nSPS) is 17.0. The first-order valence-electron chi connectivity index (χ1n) is 6.87. The Balaban J connectivity index is 1.77. The molecule has 1 amide bonds. The van der Waals surface area contributed by atoms with Gasteiger partial charge < -0.3 is 14.8 Å². The summed E-state index contributed by atoms with van der Waals surface area (Å²) in [7, 11) is 0. The lowest BCUT2D eigenvalue weighted by Crippen LogP contribution is -2.30. The standard InChI is InChI=1S/C16H15NO4/c18-15(13-8-9-14(21-13)16(19)20)17-12-7-3-5-10-4-1-2-6-11(10)12/h1-2,4,6,8-9,12H,3,5,7H2,(H,17,18)(H,19,20). The van der Waals surface area contributed by atoms with Crippen LogP contribution in [0.1, 0.15) is 51.1 Å². The van der Waals surface area contributed by atoms with Crippen molar-refractivity contribution in [3.05, 3.63) is 59.0 Å². The van der Waals surface area contributed by atoms with Gasteiger partial charge in [-0.2, -0.15) is 0 Å². The largest absolute Gasteiger partial charge is 0.475 e. The molecule has 1 aliphatic carbocycles. The molecule has 108 valence electrons. The van der Waals surface area contributed by atoms with Gasteiger partial charge in [-0.3, -0.25) is 4.79 Å². The van der Waals surface area contributed by atoms with Gasteiger partial charge in [0.15, 0.2) is 5.76 Å². The molecule has 3 rings (SSSR count). The number of fused-ring (bicyclic) bond motifs is 1. The number of benzene rings is 1. The number of furan rings is 1. The number of rotatable bonds is 3. The highest BCUT2D eigenvalue weighted by Gasteiger charge is 2.23. The molecule has 5 nitrogen and oxygen atoms in total. The van der Waals surface area contributed by atoms with Crippen molar-refractivity contribution in [1.82, 2.24) is 5.32 Å². The molecule has 1 unspecified atom stereocenters. The second-order valence-corrected chi connectivity index (χ2v) is 5.09. The van der Waals surface area contributed by atoms with Gasteiger partial charge in [0.2, 0.25) is 5.76 Å². The van der Waals surface area contributed by atoms with E-state index in [1.54, 1.807) is 0 Å². The van der Waals surface area contributed by atoms with E-state index in [4.69, 9.17) is 9.52 Å². The first-order chi connectivity index (χ1) is 10.1. The number of hydrogen-bond donors (Lipinski definition) is 2. The van der Waals surface area contributed by atoms with Crippen molar-refractivity contribution >= 4 is 11.9 Å². The Bertz CT molecular complexity index is 689. The molecular weight excluding hydrogens is 270 g/mol. The van der Waals surface area contributed by atoms with E-state index in [1.807, 2.05) is 18.2 Å². The zero-order chi connectivity index (χ0) is 14.8. The van der Waals surface area contributed by atoms with Crippen molar-refractivity contribution in [2.24, 2.45) is 0 Å². The lowest BCUT2D eigenvalue weighted by molar-refractivity contribution is 0.0659. The van der Waals surface area contributed by atoms with Crippen LogP contribution < -0.4 is 5.32 Å². The van der Waals surface area contributed by atoms with E-state index in [2.05, 4.69) is 11.4 Å². The molecular formula is C16H15NO4. The van der Waals surface area contributed by atoms with Crippen LogP contribution in [0.25, 0.3) is 0 Å². The van der Waals surface area contributed by atoms with Crippen LogP contribution in [0.4, 0.5) is 0 Å². The van der Waals surface area contributed by atoms with Gasteiger partial charge in [0, 0.05) is 0 Å². The predicted molar refractivity (Wildman–Crippen MR) is 75.3 cm³/mol. The molecule has 1 heterocycles. The summed E-state index contributed by atoms with van der Waals surface area (Å²) in [6.45, 7) is 0. The highest BCUT2D eigenvalue weighted by molar-refractivity contribution is 5.93. The zero-order valence-electron chi connectivity index (χ0n) is 11.3. The highest BCUT2D eigenvalue weighted by atomic mass is 16.4. The van der Waals surface area contributed by atoms with Crippen LogP contribution in [0.2, 0.25) is 0 Å². The molecule has 21 heavy (non-hydrogen) atoms. The minimum atomic E-state index is -1.18. The molecule has 2 aromatic rings. The van der Waals surface area contributed by atoms with Crippen molar-refractivity contribution < 1.29 is 19.1 Å². The molecule has 1 aromatic carbocycles. The Hall–Kier alpha value is -2.56. The van der Waals surface area contributed by atoms with Crippen molar-refractivity contribution in [2.75, 3.05) is 0 Å². The highest BCUT2D eigenvalue weighted by Crippen LogP contribution is 2.29. The predicted octanol–water partition coefficient (Wildman–Crippen LogP) is 2.79. The maximum atomic E-state index is 12.2. The zero-order valence-corrected chi connectivity index (χ0v) is 11.3. The average molecular weight is 285 g/mol. The van der Waals surface area contributed by atoms with Gasteiger partial charge in [0.1, 0.15) is 0 Å². The number of carbonyl (C=O) groups is 2. The van der Waals surface area contributed by atoms with Gasteiger partial charge in [-0.15, -0.1) is 0 Å². The first kappa shape index (κ1) is 13.4. The topological polar surface area (TPSA) is 79.5 Å². The van der Waals surface area contributed by atoms with Crippen LogP contribution in [-0.4, -0.2) is 17.0 Å². The Labute approximate surface area is 121 Å². The quantitative estimate of drug-likeness (QED) is 0.908. The molecule has 0 aliphatic heterocycles. The van der Waals surface area contributed by atoms with Gasteiger partial charge in [-0.1, -0.05) is 24.3 Å². The van der Waals surface area contributed by atoms with Crippen LogP contribution in [0.15, 0.2) is 40.8 Å². The lowest BCUT2D eigenvalue weighted by Gasteiger charge is -2.25. The van der Waals surface area contributed by atoms with Crippen molar-refractivity contribution in [2.45, 2.75) is 25.3 Å². The Morgan fingerprint density at radius 3 is 2.67 bits per heavy atom. The molecule has 1 aliphatic rings. The van der Waals surface area contributed by atoms with Crippen LogP contribution in [0.3, 0.4) is 0 Å². The van der Waals surface area contributed by atoms with Crippen LogP contribution in [0, 0.1) is 0 Å². The SMILES string of the molecule is O=C(O)c1ccc(C(=O)NC2CCCc3ccccc32)o1. The Morgan fingerprint density at radius 1 is 1.14 bits per heavy atom. The van der Waals surface area contributed by atoms with Gasteiger partial charge in [0.05, 0.1) is 6.04 Å². The second-order valence-electron chi connectivity index (χ2n) is 5.09. The molecule has 0 saturated carbocycles.